The van der Waals surface area contributed by atoms with Gasteiger partial charge in [0.25, 0.3) is 5.91 Å². The van der Waals surface area contributed by atoms with E-state index in [1.807, 2.05) is 30.3 Å². The summed E-state index contributed by atoms with van der Waals surface area (Å²) in [6.07, 6.45) is 1.18. The van der Waals surface area contributed by atoms with Gasteiger partial charge in [-0.05, 0) is 30.9 Å². The average molecular weight is 316 g/mol. The van der Waals surface area contributed by atoms with Gasteiger partial charge in [-0.1, -0.05) is 32.0 Å². The van der Waals surface area contributed by atoms with Crippen LogP contribution in [-0.4, -0.2) is 49.5 Å². The van der Waals surface area contributed by atoms with Crippen molar-refractivity contribution in [3.05, 3.63) is 35.9 Å². The number of likely N-dealkylation sites (tertiary alicyclic amines) is 1. The van der Waals surface area contributed by atoms with Gasteiger partial charge in [0.1, 0.15) is 0 Å². The molecular formula is C18H28N4O. The van der Waals surface area contributed by atoms with Crippen LogP contribution in [0.3, 0.4) is 0 Å². The normalized spacial score (nSPS) is 17.2. The molecule has 1 aromatic carbocycles. The van der Waals surface area contributed by atoms with Crippen molar-refractivity contribution in [2.45, 2.75) is 27.2 Å². The van der Waals surface area contributed by atoms with Crippen LogP contribution in [-0.2, 0) is 0 Å². The van der Waals surface area contributed by atoms with Crippen LogP contribution in [0.5, 0.6) is 0 Å². The van der Waals surface area contributed by atoms with E-state index >= 15 is 0 Å². The number of nitrogens with one attached hydrogen (secondary N) is 2. The molecule has 0 spiro atoms. The molecule has 0 bridgehead atoms. The van der Waals surface area contributed by atoms with Crippen molar-refractivity contribution in [3.63, 3.8) is 0 Å². The minimum absolute atomic E-state index is 0.0480. The van der Waals surface area contributed by atoms with E-state index in [4.69, 9.17) is 0 Å². The van der Waals surface area contributed by atoms with Gasteiger partial charge in [0, 0.05) is 31.7 Å². The Kier molecular flexibility index (Phi) is 6.02. The summed E-state index contributed by atoms with van der Waals surface area (Å²) in [4.78, 5) is 18.9. The number of guanidine groups is 1. The Balaban J connectivity index is 1.83. The van der Waals surface area contributed by atoms with Gasteiger partial charge in [-0.15, -0.1) is 0 Å². The first-order valence-corrected chi connectivity index (χ1v) is 8.38. The minimum Gasteiger partial charge on any atom is -0.357 e. The van der Waals surface area contributed by atoms with Gasteiger partial charge in [-0.25, -0.2) is 0 Å². The number of hydrogen-bond acceptors (Lipinski definition) is 2. The van der Waals surface area contributed by atoms with Crippen LogP contribution in [0.1, 0.15) is 37.6 Å². The number of rotatable bonds is 5. The molecule has 1 fully saturated rings. The lowest BCUT2D eigenvalue weighted by molar-refractivity contribution is 0.0955. The van der Waals surface area contributed by atoms with Crippen LogP contribution in [0, 0.1) is 5.41 Å². The zero-order valence-corrected chi connectivity index (χ0v) is 14.4. The summed E-state index contributed by atoms with van der Waals surface area (Å²) < 4.78 is 0. The van der Waals surface area contributed by atoms with Crippen LogP contribution in [0.4, 0.5) is 0 Å². The molecular weight excluding hydrogens is 288 g/mol. The Hall–Kier alpha value is -2.04. The van der Waals surface area contributed by atoms with Gasteiger partial charge in [0.15, 0.2) is 5.96 Å². The average Bonchev–Trinajstić information content (AvgIpc) is 2.91. The zero-order valence-electron chi connectivity index (χ0n) is 14.4. The van der Waals surface area contributed by atoms with Crippen LogP contribution < -0.4 is 10.6 Å². The Morgan fingerprint density at radius 3 is 2.61 bits per heavy atom. The third-order valence-electron chi connectivity index (χ3n) is 4.01. The molecule has 0 unspecified atom stereocenters. The summed E-state index contributed by atoms with van der Waals surface area (Å²) >= 11 is 0. The lowest BCUT2D eigenvalue weighted by atomic mass is 9.93. The number of amides is 1. The van der Waals surface area contributed by atoms with E-state index in [2.05, 4.69) is 41.3 Å². The molecule has 0 aromatic heterocycles. The molecule has 1 aromatic rings. The van der Waals surface area contributed by atoms with Gasteiger partial charge in [-0.2, -0.15) is 0 Å². The van der Waals surface area contributed by atoms with Gasteiger partial charge < -0.3 is 15.5 Å². The molecule has 0 radical (unpaired) electrons. The van der Waals surface area contributed by atoms with E-state index in [1.165, 1.54) is 6.42 Å². The quantitative estimate of drug-likeness (QED) is 0.497. The fourth-order valence-corrected chi connectivity index (χ4v) is 2.74. The first-order valence-electron chi connectivity index (χ1n) is 8.38. The van der Waals surface area contributed by atoms with Crippen LogP contribution in [0.15, 0.2) is 35.3 Å². The monoisotopic (exact) mass is 316 g/mol. The second-order valence-corrected chi connectivity index (χ2v) is 6.69. The van der Waals surface area contributed by atoms with Crippen molar-refractivity contribution >= 4 is 11.9 Å². The fourth-order valence-electron chi connectivity index (χ4n) is 2.74. The predicted octanol–water partition coefficient (Wildman–Crippen LogP) is 2.11. The maximum Gasteiger partial charge on any atom is 0.251 e. The lowest BCUT2D eigenvalue weighted by Gasteiger charge is -2.23. The van der Waals surface area contributed by atoms with Gasteiger partial charge in [0.05, 0.1) is 6.54 Å². The second kappa shape index (κ2) is 7.99. The van der Waals surface area contributed by atoms with Crippen molar-refractivity contribution in [3.8, 4) is 0 Å². The lowest BCUT2D eigenvalue weighted by Crippen LogP contribution is -2.41. The highest BCUT2D eigenvalue weighted by Crippen LogP contribution is 2.28. The van der Waals surface area contributed by atoms with Crippen molar-refractivity contribution < 1.29 is 4.79 Å². The smallest absolute Gasteiger partial charge is 0.251 e. The van der Waals surface area contributed by atoms with Gasteiger partial charge in [-0.3, -0.25) is 9.79 Å². The SMILES string of the molecule is CCNC(=NCCNC(=O)c1ccccc1)N1CCC(C)(C)C1. The molecule has 1 heterocycles. The molecule has 2 N–H and O–H groups in total. The van der Waals surface area contributed by atoms with E-state index < -0.39 is 0 Å². The Morgan fingerprint density at radius 2 is 2.00 bits per heavy atom. The van der Waals surface area contributed by atoms with E-state index in [0.717, 1.165) is 25.6 Å². The highest BCUT2D eigenvalue weighted by atomic mass is 16.1. The molecule has 5 nitrogen and oxygen atoms in total. The summed E-state index contributed by atoms with van der Waals surface area (Å²) in [6, 6.07) is 9.27. The maximum absolute atomic E-state index is 12.0. The van der Waals surface area contributed by atoms with Crippen LogP contribution in [0.2, 0.25) is 0 Å². The van der Waals surface area contributed by atoms with Gasteiger partial charge >= 0.3 is 0 Å². The summed E-state index contributed by atoms with van der Waals surface area (Å²) in [7, 11) is 0. The van der Waals surface area contributed by atoms with E-state index in [0.29, 0.717) is 24.1 Å². The zero-order chi connectivity index (χ0) is 16.7. The van der Waals surface area contributed by atoms with Crippen molar-refractivity contribution in [2.75, 3.05) is 32.7 Å². The number of benzene rings is 1. The van der Waals surface area contributed by atoms with E-state index in [1.54, 1.807) is 0 Å². The summed E-state index contributed by atoms with van der Waals surface area (Å²) in [5, 5.41) is 6.26. The van der Waals surface area contributed by atoms with Crippen LogP contribution in [0.25, 0.3) is 0 Å². The first-order chi connectivity index (χ1) is 11.0. The molecule has 0 aliphatic carbocycles. The maximum atomic E-state index is 12.0. The second-order valence-electron chi connectivity index (χ2n) is 6.69. The van der Waals surface area contributed by atoms with Crippen LogP contribution >= 0.6 is 0 Å². The summed E-state index contributed by atoms with van der Waals surface area (Å²) in [5.74, 6) is 0.903. The summed E-state index contributed by atoms with van der Waals surface area (Å²) in [5.41, 5.74) is 1.03. The summed E-state index contributed by atoms with van der Waals surface area (Å²) in [6.45, 7) is 10.7. The molecule has 2 rings (SSSR count). The Labute approximate surface area is 139 Å². The van der Waals surface area contributed by atoms with Gasteiger partial charge in [0.2, 0.25) is 0 Å². The fraction of sp³-hybridized carbons (Fsp3) is 0.556. The third kappa shape index (κ3) is 5.27. The first kappa shape index (κ1) is 17.3. The predicted molar refractivity (Wildman–Crippen MR) is 94.7 cm³/mol. The number of hydrogen-bond donors (Lipinski definition) is 2. The molecule has 0 saturated carbocycles. The number of carbonyl (C=O) groups excluding carboxylic acids is 1. The van der Waals surface area contributed by atoms with Crippen molar-refractivity contribution in [2.24, 2.45) is 10.4 Å². The molecule has 126 valence electrons. The number of nitrogens with zero attached hydrogens (tertiary/aromatic N) is 2. The third-order valence-corrected chi connectivity index (χ3v) is 4.01. The highest BCUT2D eigenvalue weighted by molar-refractivity contribution is 5.94. The van der Waals surface area contributed by atoms with Crippen molar-refractivity contribution in [1.29, 1.82) is 0 Å². The molecule has 5 heteroatoms. The van der Waals surface area contributed by atoms with E-state index in [9.17, 15) is 4.79 Å². The molecule has 0 atom stereocenters. The highest BCUT2D eigenvalue weighted by Gasteiger charge is 2.30. The Morgan fingerprint density at radius 1 is 1.26 bits per heavy atom. The molecule has 1 aliphatic heterocycles. The topological polar surface area (TPSA) is 56.7 Å². The largest absolute Gasteiger partial charge is 0.357 e. The molecule has 1 saturated heterocycles. The molecule has 23 heavy (non-hydrogen) atoms. The standard InChI is InChI=1S/C18H28N4O/c1-4-19-17(22-13-10-18(2,3)14-22)21-12-11-20-16(23)15-8-6-5-7-9-15/h5-9H,4,10-14H2,1-3H3,(H,19,21)(H,20,23). The number of carbonyl (C=O) groups is 1. The number of aliphatic imine (C=N–C) groups is 1. The minimum atomic E-state index is -0.0480. The Bertz CT molecular complexity index is 539. The molecule has 1 aliphatic rings. The van der Waals surface area contributed by atoms with Crippen molar-refractivity contribution in [1.82, 2.24) is 15.5 Å². The molecule has 1 amide bonds. The van der Waals surface area contributed by atoms with E-state index in [-0.39, 0.29) is 5.91 Å².